The van der Waals surface area contributed by atoms with Gasteiger partial charge in [0, 0.05) is 29.8 Å². The maximum atomic E-state index is 13.5. The van der Waals surface area contributed by atoms with Crippen molar-refractivity contribution in [2.24, 2.45) is 5.92 Å². The van der Waals surface area contributed by atoms with Crippen LogP contribution in [-0.2, 0) is 35.8 Å². The van der Waals surface area contributed by atoms with E-state index in [9.17, 15) is 31.8 Å². The molecule has 188 valence electrons. The van der Waals surface area contributed by atoms with Crippen LogP contribution < -0.4 is 4.90 Å². The number of alkyl halides is 3. The minimum atomic E-state index is -4.75. The predicted octanol–water partition coefficient (Wildman–Crippen LogP) is 2.79. The summed E-state index contributed by atoms with van der Waals surface area (Å²) < 4.78 is 66.3. The second kappa shape index (κ2) is 8.88. The van der Waals surface area contributed by atoms with Gasteiger partial charge in [0.2, 0.25) is 5.95 Å². The van der Waals surface area contributed by atoms with Crippen molar-refractivity contribution in [2.45, 2.75) is 50.7 Å². The third-order valence-electron chi connectivity index (χ3n) is 5.84. The molecule has 1 atom stereocenters. The average Bonchev–Trinajstić information content (AvgIpc) is 3.35. The lowest BCUT2D eigenvalue weighted by Gasteiger charge is -2.28. The van der Waals surface area contributed by atoms with Crippen molar-refractivity contribution in [3.63, 3.8) is 0 Å². The first-order valence-corrected chi connectivity index (χ1v) is 12.6. The molecule has 0 bridgehead atoms. The molecular formula is C22H24F3N5O4S. The topological polar surface area (TPSA) is 121 Å². The molecule has 3 aromatic rings. The highest BCUT2D eigenvalue weighted by atomic mass is 32.2. The predicted molar refractivity (Wildman–Crippen MR) is 119 cm³/mol. The van der Waals surface area contributed by atoms with Gasteiger partial charge in [-0.3, -0.25) is 0 Å². The zero-order valence-corrected chi connectivity index (χ0v) is 20.0. The molecule has 1 aliphatic rings. The third-order valence-corrected chi connectivity index (χ3v) is 7.02. The first-order valence-electron chi connectivity index (χ1n) is 10.7. The van der Waals surface area contributed by atoms with E-state index in [0.717, 1.165) is 18.0 Å². The summed E-state index contributed by atoms with van der Waals surface area (Å²) >= 11 is 0. The van der Waals surface area contributed by atoms with Crippen molar-refractivity contribution in [3.05, 3.63) is 58.7 Å². The summed E-state index contributed by atoms with van der Waals surface area (Å²) in [6.45, 7) is 2.73. The summed E-state index contributed by atoms with van der Waals surface area (Å²) in [6, 6.07) is 4.15. The molecule has 0 fully saturated rings. The molecule has 35 heavy (non-hydrogen) atoms. The summed E-state index contributed by atoms with van der Waals surface area (Å²) in [5, 5.41) is 23.4. The van der Waals surface area contributed by atoms with Gasteiger partial charge in [0.25, 0.3) is 0 Å². The minimum Gasteiger partial charge on any atom is -0.392 e. The van der Waals surface area contributed by atoms with Crippen LogP contribution in [0, 0.1) is 5.92 Å². The molecule has 1 aromatic carbocycles. The molecule has 0 amide bonds. The third kappa shape index (κ3) is 4.62. The summed E-state index contributed by atoms with van der Waals surface area (Å²) in [5.41, 5.74) is 0.506. The van der Waals surface area contributed by atoms with Crippen LogP contribution in [0.25, 0.3) is 5.69 Å². The van der Waals surface area contributed by atoms with Crippen LogP contribution in [0.2, 0.25) is 0 Å². The lowest BCUT2D eigenvalue weighted by molar-refractivity contribution is -0.142. The second-order valence-electron chi connectivity index (χ2n) is 8.72. The molecule has 0 radical (unpaired) electrons. The summed E-state index contributed by atoms with van der Waals surface area (Å²) in [6.07, 6.45) is -1.02. The number of hydrogen-bond donors (Lipinski definition) is 2. The first kappa shape index (κ1) is 25.1. The minimum absolute atomic E-state index is 0.00718. The number of nitrogens with zero attached hydrogens (tertiary/aromatic N) is 5. The van der Waals surface area contributed by atoms with Crippen LogP contribution in [0.3, 0.4) is 0 Å². The quantitative estimate of drug-likeness (QED) is 0.518. The van der Waals surface area contributed by atoms with Crippen LogP contribution in [0.4, 0.5) is 19.1 Å². The van der Waals surface area contributed by atoms with E-state index in [1.165, 1.54) is 16.8 Å². The van der Waals surface area contributed by atoms with Crippen molar-refractivity contribution in [2.75, 3.05) is 11.2 Å². The molecule has 9 nitrogen and oxygen atoms in total. The maximum Gasteiger partial charge on any atom is 0.433 e. The maximum absolute atomic E-state index is 13.5. The monoisotopic (exact) mass is 511 g/mol. The molecule has 0 saturated carbocycles. The fourth-order valence-corrected chi connectivity index (χ4v) is 5.23. The summed E-state index contributed by atoms with van der Waals surface area (Å²) in [4.78, 5) is 9.44. The Hall–Kier alpha value is -3.03. The van der Waals surface area contributed by atoms with Gasteiger partial charge in [-0.15, -0.1) is 0 Å². The highest BCUT2D eigenvalue weighted by Crippen LogP contribution is 2.41. The van der Waals surface area contributed by atoms with Crippen molar-refractivity contribution in [1.29, 1.82) is 0 Å². The molecule has 1 aliphatic heterocycles. The van der Waals surface area contributed by atoms with Gasteiger partial charge in [-0.2, -0.15) is 18.3 Å². The van der Waals surface area contributed by atoms with Crippen molar-refractivity contribution in [1.82, 2.24) is 19.7 Å². The number of aromatic nitrogens is 4. The highest BCUT2D eigenvalue weighted by Gasteiger charge is 2.40. The lowest BCUT2D eigenvalue weighted by Crippen LogP contribution is -2.29. The number of sulfone groups is 1. The number of anilines is 1. The Labute approximate surface area is 199 Å². The van der Waals surface area contributed by atoms with E-state index in [2.05, 4.69) is 15.1 Å². The van der Waals surface area contributed by atoms with Crippen LogP contribution >= 0.6 is 0 Å². The standard InChI is InChI=1S/C22H24F3N5O4S/c1-12(2)19-18-15(8-29(19)21-26-7-14(11-32)20(27-21)22(23,24)25)9-30(28-18)16-5-4-13(10-31)17(6-16)35(3,33)34/h4-7,9,12,19,31-32H,8,10-11H2,1-3H3/t19-/m1/s1. The molecule has 13 heteroatoms. The first-order chi connectivity index (χ1) is 16.3. The van der Waals surface area contributed by atoms with Crippen LogP contribution in [0.15, 0.2) is 35.5 Å². The normalized spacial score (nSPS) is 16.3. The molecule has 3 heterocycles. The average molecular weight is 512 g/mol. The molecular weight excluding hydrogens is 487 g/mol. The Morgan fingerprint density at radius 1 is 1.17 bits per heavy atom. The van der Waals surface area contributed by atoms with Crippen LogP contribution in [0.1, 0.15) is 48.0 Å². The van der Waals surface area contributed by atoms with E-state index >= 15 is 0 Å². The highest BCUT2D eigenvalue weighted by molar-refractivity contribution is 7.90. The van der Waals surface area contributed by atoms with Crippen molar-refractivity contribution in [3.8, 4) is 5.69 Å². The van der Waals surface area contributed by atoms with E-state index in [4.69, 9.17) is 0 Å². The number of hydrogen-bond acceptors (Lipinski definition) is 8. The largest absolute Gasteiger partial charge is 0.433 e. The number of aliphatic hydroxyl groups is 2. The van der Waals surface area contributed by atoms with E-state index in [1.54, 1.807) is 17.2 Å². The Balaban J connectivity index is 1.74. The Morgan fingerprint density at radius 3 is 2.43 bits per heavy atom. The van der Waals surface area contributed by atoms with Gasteiger partial charge in [-0.1, -0.05) is 19.9 Å². The van der Waals surface area contributed by atoms with Crippen LogP contribution in [-0.4, -0.2) is 44.6 Å². The fraction of sp³-hybridized carbons (Fsp3) is 0.409. The summed E-state index contributed by atoms with van der Waals surface area (Å²) in [7, 11) is -3.60. The summed E-state index contributed by atoms with van der Waals surface area (Å²) in [5.74, 6) is -0.192. The van der Waals surface area contributed by atoms with Crippen molar-refractivity contribution >= 4 is 15.8 Å². The molecule has 4 rings (SSSR count). The van der Waals surface area contributed by atoms with Crippen molar-refractivity contribution < 1.29 is 31.8 Å². The molecule has 0 saturated heterocycles. The van der Waals surface area contributed by atoms with Gasteiger partial charge >= 0.3 is 6.18 Å². The Morgan fingerprint density at radius 2 is 1.86 bits per heavy atom. The molecule has 0 aliphatic carbocycles. The molecule has 0 unspecified atom stereocenters. The van der Waals surface area contributed by atoms with Gasteiger partial charge in [-0.05, 0) is 23.6 Å². The SMILES string of the molecule is CC(C)[C@@H]1c2nn(-c3ccc(CO)c(S(C)(=O)=O)c3)cc2CN1c1ncc(CO)c(C(F)(F)F)n1. The lowest BCUT2D eigenvalue weighted by atomic mass is 10.0. The number of halogens is 3. The van der Waals surface area contributed by atoms with Gasteiger partial charge in [0.05, 0.1) is 42.1 Å². The van der Waals surface area contributed by atoms with Gasteiger partial charge in [-0.25, -0.2) is 23.1 Å². The molecule has 2 N–H and O–H groups in total. The number of rotatable bonds is 6. The Kier molecular flexibility index (Phi) is 6.36. The zero-order chi connectivity index (χ0) is 25.7. The van der Waals surface area contributed by atoms with Crippen LogP contribution in [0.5, 0.6) is 0 Å². The zero-order valence-electron chi connectivity index (χ0n) is 19.2. The number of fused-ring (bicyclic) bond motifs is 1. The van der Waals surface area contributed by atoms with E-state index in [1.807, 2.05) is 13.8 Å². The smallest absolute Gasteiger partial charge is 0.392 e. The molecule has 2 aromatic heterocycles. The number of aliphatic hydroxyl groups excluding tert-OH is 2. The second-order valence-corrected chi connectivity index (χ2v) is 10.7. The van der Waals surface area contributed by atoms with E-state index < -0.39 is 46.5 Å². The Bertz CT molecular complexity index is 1370. The molecule has 0 spiro atoms. The van der Waals surface area contributed by atoms with Gasteiger partial charge in [0.1, 0.15) is 0 Å². The van der Waals surface area contributed by atoms with Gasteiger partial charge < -0.3 is 15.1 Å². The number of benzene rings is 1. The van der Waals surface area contributed by atoms with E-state index in [-0.39, 0.29) is 28.9 Å². The van der Waals surface area contributed by atoms with Gasteiger partial charge in [0.15, 0.2) is 15.5 Å². The fourth-order valence-electron chi connectivity index (χ4n) is 4.28. The van der Waals surface area contributed by atoms with E-state index in [0.29, 0.717) is 11.4 Å².